The molecule has 4 nitrogen and oxygen atoms in total. The highest BCUT2D eigenvalue weighted by molar-refractivity contribution is 9.10. The van der Waals surface area contributed by atoms with Crippen molar-refractivity contribution in [2.24, 2.45) is 0 Å². The van der Waals surface area contributed by atoms with E-state index in [9.17, 15) is 12.8 Å². The zero-order valence-electron chi connectivity index (χ0n) is 12.0. The molecule has 0 fully saturated rings. The van der Waals surface area contributed by atoms with Crippen molar-refractivity contribution in [2.75, 3.05) is 6.54 Å². The zero-order chi connectivity index (χ0) is 16.4. The predicted molar refractivity (Wildman–Crippen MR) is 91.3 cm³/mol. The van der Waals surface area contributed by atoms with Crippen LogP contribution in [0.1, 0.15) is 5.56 Å². The van der Waals surface area contributed by atoms with Crippen LogP contribution in [0.25, 0.3) is 10.9 Å². The summed E-state index contributed by atoms with van der Waals surface area (Å²) in [5.41, 5.74) is 1.65. The minimum absolute atomic E-state index is 0.224. The molecule has 3 aromatic rings. The van der Waals surface area contributed by atoms with Gasteiger partial charge in [-0.2, -0.15) is 0 Å². The van der Waals surface area contributed by atoms with Crippen LogP contribution in [0.15, 0.2) is 58.0 Å². The fourth-order valence-corrected chi connectivity index (χ4v) is 3.68. The number of H-pyrrole nitrogens is 1. The lowest BCUT2D eigenvalue weighted by molar-refractivity contribution is 0.581. The summed E-state index contributed by atoms with van der Waals surface area (Å²) in [6.07, 6.45) is 2.29. The molecule has 0 saturated heterocycles. The van der Waals surface area contributed by atoms with Crippen LogP contribution in [0.5, 0.6) is 0 Å². The molecular formula is C16H14BrFN2O2S. The summed E-state index contributed by atoms with van der Waals surface area (Å²) in [7, 11) is -3.53. The summed E-state index contributed by atoms with van der Waals surface area (Å²) in [5.74, 6) is -0.304. The second-order valence-corrected chi connectivity index (χ2v) is 7.79. The van der Waals surface area contributed by atoms with E-state index in [1.807, 2.05) is 0 Å². The Bertz CT molecular complexity index is 936. The summed E-state index contributed by atoms with van der Waals surface area (Å²) < 4.78 is 40.9. The molecule has 7 heteroatoms. The van der Waals surface area contributed by atoms with E-state index in [2.05, 4.69) is 25.6 Å². The van der Waals surface area contributed by atoms with Gasteiger partial charge in [0.05, 0.1) is 4.90 Å². The fourth-order valence-electron chi connectivity index (χ4n) is 2.38. The lowest BCUT2D eigenvalue weighted by Gasteiger charge is -2.06. The molecule has 0 bridgehead atoms. The molecule has 23 heavy (non-hydrogen) atoms. The van der Waals surface area contributed by atoms with Crippen LogP contribution in [-0.2, 0) is 16.4 Å². The first kappa shape index (κ1) is 16.2. The molecule has 0 atom stereocenters. The number of hydrogen-bond donors (Lipinski definition) is 2. The predicted octanol–water partition coefficient (Wildman–Crippen LogP) is 3.59. The van der Waals surface area contributed by atoms with Crippen molar-refractivity contribution in [3.63, 3.8) is 0 Å². The molecule has 0 saturated carbocycles. The first-order chi connectivity index (χ1) is 11.0. The van der Waals surface area contributed by atoms with Crippen LogP contribution in [-0.4, -0.2) is 19.9 Å². The first-order valence-electron chi connectivity index (χ1n) is 6.96. The lowest BCUT2D eigenvalue weighted by Crippen LogP contribution is -2.25. The molecule has 0 aliphatic heterocycles. The Hall–Kier alpha value is -1.70. The lowest BCUT2D eigenvalue weighted by atomic mass is 10.1. The maximum atomic E-state index is 13.2. The highest BCUT2D eigenvalue weighted by Crippen LogP contribution is 2.20. The molecule has 3 rings (SSSR count). The second kappa shape index (κ2) is 6.43. The van der Waals surface area contributed by atoms with Gasteiger partial charge in [-0.05, 0) is 54.4 Å². The molecule has 0 aliphatic rings. The van der Waals surface area contributed by atoms with Gasteiger partial charge in [0.2, 0.25) is 10.0 Å². The number of benzene rings is 2. The van der Waals surface area contributed by atoms with Crippen molar-refractivity contribution in [1.29, 1.82) is 0 Å². The molecule has 0 aliphatic carbocycles. The molecule has 0 amide bonds. The van der Waals surface area contributed by atoms with E-state index in [1.165, 1.54) is 12.1 Å². The Morgan fingerprint density at radius 1 is 1.13 bits per heavy atom. The van der Waals surface area contributed by atoms with Crippen LogP contribution >= 0.6 is 15.9 Å². The first-order valence-corrected chi connectivity index (χ1v) is 9.24. The number of fused-ring (bicyclic) bond motifs is 1. The van der Waals surface area contributed by atoms with Crippen molar-refractivity contribution in [3.05, 3.63) is 64.5 Å². The average Bonchev–Trinajstić information content (AvgIpc) is 2.90. The summed E-state index contributed by atoms with van der Waals surface area (Å²) in [6.45, 7) is 0.267. The third kappa shape index (κ3) is 3.63. The van der Waals surface area contributed by atoms with E-state index in [4.69, 9.17) is 0 Å². The number of sulfonamides is 1. The number of nitrogens with one attached hydrogen (secondary N) is 2. The van der Waals surface area contributed by atoms with Gasteiger partial charge in [0.15, 0.2) is 0 Å². The molecule has 120 valence electrons. The van der Waals surface area contributed by atoms with Crippen LogP contribution in [0.4, 0.5) is 4.39 Å². The van der Waals surface area contributed by atoms with Gasteiger partial charge in [-0.1, -0.05) is 15.9 Å². The smallest absolute Gasteiger partial charge is 0.240 e. The number of halogens is 2. The summed E-state index contributed by atoms with van der Waals surface area (Å²) in [4.78, 5) is 3.22. The van der Waals surface area contributed by atoms with Gasteiger partial charge in [-0.25, -0.2) is 17.5 Å². The van der Waals surface area contributed by atoms with E-state index in [-0.39, 0.29) is 17.3 Å². The largest absolute Gasteiger partial charge is 0.361 e. The van der Waals surface area contributed by atoms with Crippen LogP contribution in [0.2, 0.25) is 0 Å². The van der Waals surface area contributed by atoms with E-state index in [0.717, 1.165) is 15.4 Å². The number of hydrogen-bond acceptors (Lipinski definition) is 2. The van der Waals surface area contributed by atoms with Gasteiger partial charge < -0.3 is 4.98 Å². The van der Waals surface area contributed by atoms with Crippen LogP contribution in [0, 0.1) is 5.82 Å². The SMILES string of the molecule is O=S(=O)(NCCc1c[nH]c2cc(F)ccc12)c1ccc(Br)cc1. The fraction of sp³-hybridized carbons (Fsp3) is 0.125. The highest BCUT2D eigenvalue weighted by atomic mass is 79.9. The molecule has 2 N–H and O–H groups in total. The normalized spacial score (nSPS) is 11.9. The summed E-state index contributed by atoms with van der Waals surface area (Å²) >= 11 is 3.27. The van der Waals surface area contributed by atoms with Gasteiger partial charge in [0.25, 0.3) is 0 Å². The standard InChI is InChI=1S/C16H14BrFN2O2S/c17-12-1-4-14(5-2-12)23(21,22)20-8-7-11-10-19-16-9-13(18)3-6-15(11)16/h1-6,9-10,19-20H,7-8H2. The Morgan fingerprint density at radius 3 is 2.61 bits per heavy atom. The van der Waals surface area contributed by atoms with E-state index >= 15 is 0 Å². The van der Waals surface area contributed by atoms with Gasteiger partial charge >= 0.3 is 0 Å². The van der Waals surface area contributed by atoms with Crippen molar-refractivity contribution in [3.8, 4) is 0 Å². The van der Waals surface area contributed by atoms with E-state index in [0.29, 0.717) is 11.9 Å². The number of aromatic nitrogens is 1. The Labute approximate surface area is 141 Å². The van der Waals surface area contributed by atoms with Crippen LogP contribution in [0.3, 0.4) is 0 Å². The van der Waals surface area contributed by atoms with Crippen molar-refractivity contribution in [2.45, 2.75) is 11.3 Å². The topological polar surface area (TPSA) is 62.0 Å². The Kier molecular flexibility index (Phi) is 4.52. The number of rotatable bonds is 5. The molecule has 0 radical (unpaired) electrons. The molecule has 0 unspecified atom stereocenters. The average molecular weight is 397 g/mol. The zero-order valence-corrected chi connectivity index (χ0v) is 14.4. The van der Waals surface area contributed by atoms with Gasteiger partial charge in [-0.15, -0.1) is 0 Å². The summed E-state index contributed by atoms with van der Waals surface area (Å²) in [5, 5.41) is 0.897. The van der Waals surface area contributed by atoms with E-state index in [1.54, 1.807) is 36.5 Å². The van der Waals surface area contributed by atoms with Crippen molar-refractivity contribution in [1.82, 2.24) is 9.71 Å². The maximum Gasteiger partial charge on any atom is 0.240 e. The third-order valence-electron chi connectivity index (χ3n) is 3.54. The molecule has 0 spiro atoms. The molecule has 2 aromatic carbocycles. The van der Waals surface area contributed by atoms with Crippen LogP contribution < -0.4 is 4.72 Å². The molecular weight excluding hydrogens is 383 g/mol. The Balaban J connectivity index is 1.69. The van der Waals surface area contributed by atoms with E-state index < -0.39 is 10.0 Å². The minimum atomic E-state index is -3.53. The van der Waals surface area contributed by atoms with Gasteiger partial charge in [-0.3, -0.25) is 0 Å². The second-order valence-electron chi connectivity index (χ2n) is 5.11. The van der Waals surface area contributed by atoms with Gasteiger partial charge in [0.1, 0.15) is 5.82 Å². The molecule has 1 heterocycles. The minimum Gasteiger partial charge on any atom is -0.361 e. The third-order valence-corrected chi connectivity index (χ3v) is 5.55. The quantitative estimate of drug-likeness (QED) is 0.691. The van der Waals surface area contributed by atoms with Gasteiger partial charge in [0, 0.05) is 28.1 Å². The number of aromatic amines is 1. The Morgan fingerprint density at radius 2 is 1.87 bits per heavy atom. The highest BCUT2D eigenvalue weighted by Gasteiger charge is 2.13. The maximum absolute atomic E-state index is 13.2. The molecule has 1 aromatic heterocycles. The van der Waals surface area contributed by atoms with Crippen molar-refractivity contribution < 1.29 is 12.8 Å². The summed E-state index contributed by atoms with van der Waals surface area (Å²) in [6, 6.07) is 11.0. The monoisotopic (exact) mass is 396 g/mol. The van der Waals surface area contributed by atoms with Crippen molar-refractivity contribution >= 4 is 36.9 Å².